The third-order valence-electron chi connectivity index (χ3n) is 1.54. The summed E-state index contributed by atoms with van der Waals surface area (Å²) in [6.07, 6.45) is 0. The Hall–Kier alpha value is -0.770. The fourth-order valence-corrected chi connectivity index (χ4v) is 0.825. The maximum atomic E-state index is 5.15. The molecule has 0 fully saturated rings. The highest BCUT2D eigenvalue weighted by Crippen LogP contribution is 2.15. The predicted octanol–water partition coefficient (Wildman–Crippen LogP) is -0.565. The van der Waals surface area contributed by atoms with Gasteiger partial charge in [-0.2, -0.15) is 0 Å². The van der Waals surface area contributed by atoms with Gasteiger partial charge in [0.05, 0.1) is 0 Å². The van der Waals surface area contributed by atoms with Crippen LogP contribution < -0.4 is 16.6 Å². The molecule has 0 saturated carbocycles. The molecule has 0 atom stereocenters. The molecule has 0 aromatic heterocycles. The van der Waals surface area contributed by atoms with Crippen LogP contribution in [0.15, 0.2) is 4.99 Å². The Morgan fingerprint density at radius 2 is 2.40 bits per heavy atom. The van der Waals surface area contributed by atoms with Crippen molar-refractivity contribution in [3.05, 3.63) is 0 Å². The second kappa shape index (κ2) is 2.46. The molecule has 0 unspecified atom stereocenters. The van der Waals surface area contributed by atoms with Crippen LogP contribution in [0.25, 0.3) is 0 Å². The van der Waals surface area contributed by atoms with Crippen LogP contribution in [0.2, 0.25) is 0 Å². The van der Waals surface area contributed by atoms with E-state index in [-0.39, 0.29) is 5.41 Å². The molecule has 1 aliphatic heterocycles. The largest absolute Gasteiger partial charge is 0.355 e. The van der Waals surface area contributed by atoms with Crippen LogP contribution in [-0.2, 0) is 0 Å². The molecule has 1 heterocycles. The molecular formula is C6H14N4. The van der Waals surface area contributed by atoms with Crippen LogP contribution in [0.5, 0.6) is 0 Å². The summed E-state index contributed by atoms with van der Waals surface area (Å²) in [6, 6.07) is 0. The van der Waals surface area contributed by atoms with Crippen molar-refractivity contribution in [2.45, 2.75) is 13.8 Å². The minimum absolute atomic E-state index is 0.264. The van der Waals surface area contributed by atoms with Gasteiger partial charge in [-0.3, -0.25) is 10.4 Å². The number of nitrogens with two attached hydrogens (primary N) is 1. The van der Waals surface area contributed by atoms with Crippen LogP contribution in [0.4, 0.5) is 0 Å². The van der Waals surface area contributed by atoms with E-state index in [1.54, 1.807) is 0 Å². The van der Waals surface area contributed by atoms with Crippen LogP contribution in [0, 0.1) is 5.41 Å². The van der Waals surface area contributed by atoms with Gasteiger partial charge in [0, 0.05) is 18.5 Å². The van der Waals surface area contributed by atoms with Gasteiger partial charge in [0.25, 0.3) is 0 Å². The van der Waals surface area contributed by atoms with E-state index in [4.69, 9.17) is 5.84 Å². The molecule has 0 aromatic rings. The molecule has 4 nitrogen and oxygen atoms in total. The Morgan fingerprint density at radius 3 is 2.80 bits per heavy atom. The molecule has 0 bridgehead atoms. The lowest BCUT2D eigenvalue weighted by molar-refractivity contribution is 0.358. The van der Waals surface area contributed by atoms with Crippen molar-refractivity contribution in [1.29, 1.82) is 0 Å². The molecule has 0 amide bonds. The number of nitrogens with one attached hydrogen (secondary N) is 2. The second-order valence-electron chi connectivity index (χ2n) is 3.33. The topological polar surface area (TPSA) is 62.4 Å². The van der Waals surface area contributed by atoms with Crippen molar-refractivity contribution in [1.82, 2.24) is 10.7 Å². The molecule has 0 spiro atoms. The predicted molar refractivity (Wildman–Crippen MR) is 41.4 cm³/mol. The van der Waals surface area contributed by atoms with E-state index in [9.17, 15) is 0 Å². The van der Waals surface area contributed by atoms with Crippen molar-refractivity contribution in [2.24, 2.45) is 16.3 Å². The molecule has 4 N–H and O–H groups in total. The smallest absolute Gasteiger partial charge is 0.205 e. The summed E-state index contributed by atoms with van der Waals surface area (Å²) in [6.45, 7) is 6.09. The number of aliphatic imine (C=N–C) groups is 1. The Balaban J connectivity index is 2.52. The lowest BCUT2D eigenvalue weighted by atomic mass is 9.93. The monoisotopic (exact) mass is 142 g/mol. The summed E-state index contributed by atoms with van der Waals surface area (Å²) >= 11 is 0. The number of hydrogen-bond donors (Lipinski definition) is 3. The van der Waals surface area contributed by atoms with Gasteiger partial charge in [0.15, 0.2) is 0 Å². The summed E-state index contributed by atoms with van der Waals surface area (Å²) in [5.41, 5.74) is 2.74. The van der Waals surface area contributed by atoms with Gasteiger partial charge in [0.2, 0.25) is 5.96 Å². The quantitative estimate of drug-likeness (QED) is 0.314. The van der Waals surface area contributed by atoms with Crippen molar-refractivity contribution < 1.29 is 0 Å². The fourth-order valence-electron chi connectivity index (χ4n) is 0.825. The Bertz CT molecular complexity index is 150. The number of hydrazine groups is 1. The van der Waals surface area contributed by atoms with Gasteiger partial charge in [-0.1, -0.05) is 13.8 Å². The van der Waals surface area contributed by atoms with E-state index in [0.717, 1.165) is 13.1 Å². The molecule has 1 rings (SSSR count). The van der Waals surface area contributed by atoms with Crippen LogP contribution in [0.1, 0.15) is 13.8 Å². The van der Waals surface area contributed by atoms with Gasteiger partial charge in [-0.05, 0) is 0 Å². The lowest BCUT2D eigenvalue weighted by Crippen LogP contribution is -2.49. The zero-order valence-corrected chi connectivity index (χ0v) is 6.44. The van der Waals surface area contributed by atoms with E-state index < -0.39 is 0 Å². The summed E-state index contributed by atoms with van der Waals surface area (Å²) in [5.74, 6) is 5.84. The Morgan fingerprint density at radius 1 is 1.70 bits per heavy atom. The lowest BCUT2D eigenvalue weighted by Gasteiger charge is -2.28. The fraction of sp³-hybridized carbons (Fsp3) is 0.833. The molecular weight excluding hydrogens is 128 g/mol. The minimum atomic E-state index is 0.264. The first-order valence-corrected chi connectivity index (χ1v) is 3.39. The first kappa shape index (κ1) is 7.34. The number of hydrogen-bond acceptors (Lipinski definition) is 4. The zero-order valence-electron chi connectivity index (χ0n) is 6.44. The van der Waals surface area contributed by atoms with Gasteiger partial charge in [-0.15, -0.1) is 0 Å². The third kappa shape index (κ3) is 1.60. The second-order valence-corrected chi connectivity index (χ2v) is 3.33. The maximum Gasteiger partial charge on any atom is 0.205 e. The summed E-state index contributed by atoms with van der Waals surface area (Å²) in [4.78, 5) is 4.17. The van der Waals surface area contributed by atoms with Crippen LogP contribution >= 0.6 is 0 Å². The molecule has 0 radical (unpaired) electrons. The van der Waals surface area contributed by atoms with E-state index in [1.807, 2.05) is 0 Å². The van der Waals surface area contributed by atoms with Crippen molar-refractivity contribution in [3.8, 4) is 0 Å². The van der Waals surface area contributed by atoms with Crippen LogP contribution in [0.3, 0.4) is 0 Å². The highest BCUT2D eigenvalue weighted by Gasteiger charge is 2.21. The van der Waals surface area contributed by atoms with Crippen molar-refractivity contribution >= 4 is 5.96 Å². The molecule has 0 saturated heterocycles. The van der Waals surface area contributed by atoms with Gasteiger partial charge < -0.3 is 5.32 Å². The third-order valence-corrected chi connectivity index (χ3v) is 1.54. The van der Waals surface area contributed by atoms with Crippen molar-refractivity contribution in [3.63, 3.8) is 0 Å². The zero-order chi connectivity index (χ0) is 7.61. The molecule has 58 valence electrons. The molecule has 0 aliphatic carbocycles. The number of guanidine groups is 1. The van der Waals surface area contributed by atoms with E-state index in [0.29, 0.717) is 5.96 Å². The summed E-state index contributed by atoms with van der Waals surface area (Å²) in [7, 11) is 0. The molecule has 0 aromatic carbocycles. The van der Waals surface area contributed by atoms with E-state index in [1.165, 1.54) is 0 Å². The first-order chi connectivity index (χ1) is 4.64. The maximum absolute atomic E-state index is 5.15. The standard InChI is InChI=1S/C6H14N4/c1-6(2)3-8-5(10-7)9-4-6/h3-4,7H2,1-2H3,(H2,8,9,10). The van der Waals surface area contributed by atoms with Gasteiger partial charge in [-0.25, -0.2) is 5.84 Å². The van der Waals surface area contributed by atoms with Gasteiger partial charge >= 0.3 is 0 Å². The number of rotatable bonds is 0. The van der Waals surface area contributed by atoms with E-state index in [2.05, 4.69) is 29.6 Å². The summed E-state index contributed by atoms with van der Waals surface area (Å²) in [5, 5.41) is 3.07. The molecule has 1 aliphatic rings. The summed E-state index contributed by atoms with van der Waals surface area (Å²) < 4.78 is 0. The highest BCUT2D eigenvalue weighted by atomic mass is 15.3. The normalized spacial score (nSPS) is 22.9. The average Bonchev–Trinajstić information content (AvgIpc) is 1.88. The van der Waals surface area contributed by atoms with Crippen LogP contribution in [-0.4, -0.2) is 19.0 Å². The SMILES string of the molecule is CC1(C)CN=C(NN)NC1. The molecule has 10 heavy (non-hydrogen) atoms. The average molecular weight is 142 g/mol. The molecule has 4 heteroatoms. The number of nitrogens with zero attached hydrogens (tertiary/aromatic N) is 1. The van der Waals surface area contributed by atoms with E-state index >= 15 is 0 Å². The van der Waals surface area contributed by atoms with Crippen molar-refractivity contribution in [2.75, 3.05) is 13.1 Å². The first-order valence-electron chi connectivity index (χ1n) is 3.39. The highest BCUT2D eigenvalue weighted by molar-refractivity contribution is 5.79. The Labute approximate surface area is 60.9 Å². The Kier molecular flexibility index (Phi) is 1.80. The minimum Gasteiger partial charge on any atom is -0.355 e. The van der Waals surface area contributed by atoms with Gasteiger partial charge in [0.1, 0.15) is 0 Å².